The maximum atomic E-state index is 11.8. The first kappa shape index (κ1) is 28.6. The standard InChI is InChI=1S/C25H47NO4/c1-3-5-6-7-8-9-10-11-12-13-14-15-16-17-21-26-24(28)19-20-25(29)30-23(22-27)18-4-2/h22-23H,3-21H2,1-2H3,(H,26,28). The molecule has 1 atom stereocenters. The summed E-state index contributed by atoms with van der Waals surface area (Å²) in [7, 11) is 0. The molecule has 0 aromatic rings. The van der Waals surface area contributed by atoms with E-state index in [4.69, 9.17) is 4.74 Å². The van der Waals surface area contributed by atoms with Crippen molar-refractivity contribution in [1.29, 1.82) is 0 Å². The molecule has 0 aliphatic rings. The zero-order valence-electron chi connectivity index (χ0n) is 19.7. The van der Waals surface area contributed by atoms with Crippen molar-refractivity contribution in [3.63, 3.8) is 0 Å². The van der Waals surface area contributed by atoms with E-state index in [9.17, 15) is 14.4 Å². The van der Waals surface area contributed by atoms with Crippen LogP contribution in [-0.4, -0.2) is 30.8 Å². The smallest absolute Gasteiger partial charge is 0.307 e. The van der Waals surface area contributed by atoms with Crippen LogP contribution in [0.2, 0.25) is 0 Å². The van der Waals surface area contributed by atoms with Crippen molar-refractivity contribution in [1.82, 2.24) is 5.32 Å². The molecule has 0 aromatic carbocycles. The molecular formula is C25H47NO4. The highest BCUT2D eigenvalue weighted by Crippen LogP contribution is 2.12. The maximum Gasteiger partial charge on any atom is 0.307 e. The molecular weight excluding hydrogens is 378 g/mol. The summed E-state index contributed by atoms with van der Waals surface area (Å²) in [5.41, 5.74) is 0. The number of carbonyl (C=O) groups excluding carboxylic acids is 3. The van der Waals surface area contributed by atoms with Crippen molar-refractivity contribution in [3.05, 3.63) is 0 Å². The second-order valence-electron chi connectivity index (χ2n) is 8.40. The first-order valence-electron chi connectivity index (χ1n) is 12.6. The Morgan fingerprint density at radius 2 is 1.23 bits per heavy atom. The number of hydrogen-bond acceptors (Lipinski definition) is 4. The Morgan fingerprint density at radius 1 is 0.733 bits per heavy atom. The fraction of sp³-hybridized carbons (Fsp3) is 0.880. The van der Waals surface area contributed by atoms with E-state index in [2.05, 4.69) is 12.2 Å². The van der Waals surface area contributed by atoms with Crippen molar-refractivity contribution >= 4 is 18.2 Å². The van der Waals surface area contributed by atoms with E-state index in [-0.39, 0.29) is 18.7 Å². The SMILES string of the molecule is CCCCCCCCCCCCCCCCNC(=O)CCC(=O)OC(C=O)CCC. The molecule has 0 aliphatic carbocycles. The minimum Gasteiger partial charge on any atom is -0.455 e. The molecule has 30 heavy (non-hydrogen) atoms. The predicted octanol–water partition coefficient (Wildman–Crippen LogP) is 6.27. The molecule has 0 bridgehead atoms. The normalized spacial score (nSPS) is 11.8. The Hall–Kier alpha value is -1.39. The first-order chi connectivity index (χ1) is 14.6. The molecule has 0 saturated heterocycles. The highest BCUT2D eigenvalue weighted by Gasteiger charge is 2.13. The molecule has 1 unspecified atom stereocenters. The fourth-order valence-corrected chi connectivity index (χ4v) is 3.52. The minimum absolute atomic E-state index is 0.0264. The van der Waals surface area contributed by atoms with E-state index in [1.54, 1.807) is 0 Å². The lowest BCUT2D eigenvalue weighted by atomic mass is 10.0. The molecule has 1 amide bonds. The van der Waals surface area contributed by atoms with Crippen LogP contribution in [0, 0.1) is 0 Å². The van der Waals surface area contributed by atoms with Gasteiger partial charge in [0, 0.05) is 13.0 Å². The zero-order chi connectivity index (χ0) is 22.3. The third-order valence-corrected chi connectivity index (χ3v) is 5.42. The highest BCUT2D eigenvalue weighted by molar-refractivity contribution is 5.81. The van der Waals surface area contributed by atoms with Gasteiger partial charge in [0.2, 0.25) is 5.91 Å². The average molecular weight is 426 g/mol. The summed E-state index contributed by atoms with van der Waals surface area (Å²) in [6, 6.07) is 0. The van der Waals surface area contributed by atoms with E-state index in [0.717, 1.165) is 19.3 Å². The molecule has 0 heterocycles. The number of carbonyl (C=O) groups is 3. The van der Waals surface area contributed by atoms with Gasteiger partial charge in [-0.3, -0.25) is 14.4 Å². The third-order valence-electron chi connectivity index (χ3n) is 5.42. The molecule has 0 radical (unpaired) electrons. The van der Waals surface area contributed by atoms with Crippen molar-refractivity contribution < 1.29 is 19.1 Å². The van der Waals surface area contributed by atoms with Crippen LogP contribution in [0.15, 0.2) is 0 Å². The Morgan fingerprint density at radius 3 is 1.70 bits per heavy atom. The van der Waals surface area contributed by atoms with Gasteiger partial charge < -0.3 is 10.1 Å². The molecule has 5 heteroatoms. The van der Waals surface area contributed by atoms with Gasteiger partial charge in [0.1, 0.15) is 0 Å². The number of rotatable bonds is 22. The molecule has 176 valence electrons. The summed E-state index contributed by atoms with van der Waals surface area (Å²) in [6.45, 7) is 4.85. The number of nitrogens with one attached hydrogen (secondary N) is 1. The topological polar surface area (TPSA) is 72.5 Å². The van der Waals surface area contributed by atoms with E-state index in [0.29, 0.717) is 19.3 Å². The van der Waals surface area contributed by atoms with Crippen LogP contribution in [0.25, 0.3) is 0 Å². The summed E-state index contributed by atoms with van der Waals surface area (Å²) in [4.78, 5) is 34.2. The van der Waals surface area contributed by atoms with Gasteiger partial charge in [-0.2, -0.15) is 0 Å². The monoisotopic (exact) mass is 425 g/mol. The van der Waals surface area contributed by atoms with Crippen LogP contribution in [0.3, 0.4) is 0 Å². The van der Waals surface area contributed by atoms with Gasteiger partial charge in [-0.1, -0.05) is 104 Å². The van der Waals surface area contributed by atoms with E-state index in [1.807, 2.05) is 6.92 Å². The zero-order valence-corrected chi connectivity index (χ0v) is 19.7. The van der Waals surface area contributed by atoms with Gasteiger partial charge in [0.25, 0.3) is 0 Å². The summed E-state index contributed by atoms with van der Waals surface area (Å²) in [5, 5.41) is 2.86. The van der Waals surface area contributed by atoms with Crippen molar-refractivity contribution in [2.45, 2.75) is 136 Å². The second kappa shape index (κ2) is 22.3. The number of esters is 1. The molecule has 0 aromatic heterocycles. The third kappa shape index (κ3) is 19.9. The van der Waals surface area contributed by atoms with Crippen molar-refractivity contribution in [2.75, 3.05) is 6.54 Å². The van der Waals surface area contributed by atoms with Crippen LogP contribution in [0.1, 0.15) is 129 Å². The summed E-state index contributed by atoms with van der Waals surface area (Å²) in [5.74, 6) is -0.605. The largest absolute Gasteiger partial charge is 0.455 e. The fourth-order valence-electron chi connectivity index (χ4n) is 3.52. The molecule has 1 N–H and O–H groups in total. The van der Waals surface area contributed by atoms with E-state index < -0.39 is 12.1 Å². The Bertz CT molecular complexity index is 425. The van der Waals surface area contributed by atoms with Crippen LogP contribution in [0.4, 0.5) is 0 Å². The average Bonchev–Trinajstić information content (AvgIpc) is 2.74. The Labute approximate surface area is 185 Å². The number of amides is 1. The minimum atomic E-state index is -0.680. The highest BCUT2D eigenvalue weighted by atomic mass is 16.5. The van der Waals surface area contributed by atoms with Crippen molar-refractivity contribution in [2.24, 2.45) is 0 Å². The lowest BCUT2D eigenvalue weighted by Crippen LogP contribution is -2.26. The van der Waals surface area contributed by atoms with Gasteiger partial charge in [-0.25, -0.2) is 0 Å². The summed E-state index contributed by atoms with van der Waals surface area (Å²) < 4.78 is 5.03. The lowest BCUT2D eigenvalue weighted by molar-refractivity contribution is -0.152. The van der Waals surface area contributed by atoms with Crippen LogP contribution in [-0.2, 0) is 19.1 Å². The van der Waals surface area contributed by atoms with Crippen LogP contribution in [0.5, 0.6) is 0 Å². The molecule has 0 aliphatic heterocycles. The molecule has 0 saturated carbocycles. The lowest BCUT2D eigenvalue weighted by Gasteiger charge is -2.10. The second-order valence-corrected chi connectivity index (χ2v) is 8.40. The van der Waals surface area contributed by atoms with Crippen molar-refractivity contribution in [3.8, 4) is 0 Å². The number of ether oxygens (including phenoxy) is 1. The molecule has 5 nitrogen and oxygen atoms in total. The van der Waals surface area contributed by atoms with Gasteiger partial charge in [0.05, 0.1) is 6.42 Å². The van der Waals surface area contributed by atoms with Gasteiger partial charge in [-0.05, 0) is 12.8 Å². The Balaban J connectivity index is 3.37. The van der Waals surface area contributed by atoms with Crippen LogP contribution >= 0.6 is 0 Å². The van der Waals surface area contributed by atoms with E-state index in [1.165, 1.54) is 77.0 Å². The predicted molar refractivity (Wildman–Crippen MR) is 123 cm³/mol. The van der Waals surface area contributed by atoms with Crippen LogP contribution < -0.4 is 5.32 Å². The summed E-state index contributed by atoms with van der Waals surface area (Å²) >= 11 is 0. The first-order valence-corrected chi connectivity index (χ1v) is 12.6. The number of aldehydes is 1. The van der Waals surface area contributed by atoms with Gasteiger partial charge in [-0.15, -0.1) is 0 Å². The molecule has 0 spiro atoms. The quantitative estimate of drug-likeness (QED) is 0.126. The summed E-state index contributed by atoms with van der Waals surface area (Å²) in [6.07, 6.45) is 19.8. The maximum absolute atomic E-state index is 11.8. The molecule has 0 rings (SSSR count). The van der Waals surface area contributed by atoms with E-state index >= 15 is 0 Å². The van der Waals surface area contributed by atoms with Gasteiger partial charge >= 0.3 is 5.97 Å². The van der Waals surface area contributed by atoms with Gasteiger partial charge in [0.15, 0.2) is 12.4 Å². The Kier molecular flexibility index (Phi) is 21.3. The number of unbranched alkanes of at least 4 members (excludes halogenated alkanes) is 13. The number of hydrogen-bond donors (Lipinski definition) is 1. The molecule has 0 fully saturated rings.